The summed E-state index contributed by atoms with van der Waals surface area (Å²) in [5.41, 5.74) is -0.330. The summed E-state index contributed by atoms with van der Waals surface area (Å²) in [6.45, 7) is 16.0. The number of fused-ring (bicyclic) bond motifs is 5. The average Bonchev–Trinajstić information content (AvgIpc) is 3.06. The maximum atomic E-state index is 11.7. The van der Waals surface area contributed by atoms with Crippen LogP contribution in [0.5, 0.6) is 0 Å². The van der Waals surface area contributed by atoms with Gasteiger partial charge >= 0.3 is 0 Å². The van der Waals surface area contributed by atoms with E-state index < -0.39 is 29.3 Å². The number of hydrogen-bond donors (Lipinski definition) is 4. The van der Waals surface area contributed by atoms with Crippen molar-refractivity contribution in [2.24, 2.45) is 52.3 Å². The van der Waals surface area contributed by atoms with Crippen LogP contribution in [0.15, 0.2) is 11.6 Å². The lowest BCUT2D eigenvalue weighted by atomic mass is 9.41. The predicted octanol–water partition coefficient (Wildman–Crippen LogP) is 4.94. The molecule has 0 amide bonds. The summed E-state index contributed by atoms with van der Waals surface area (Å²) in [5, 5.41) is 44.8. The van der Waals surface area contributed by atoms with Gasteiger partial charge in [-0.2, -0.15) is 0 Å². The Hall–Kier alpha value is -0.420. The standard InChI is InChI=1S/C29H50O4/c1-16(2)19(5)17(3)12-18(4)22-8-9-23-21-13-25(32)29(33)14-20(30)10-11-28(29,7)26(21)24(31)15-27(22,23)6/h12,16,18-26,30-33H,8-11,13-15H2,1-7H3/t18-,19+,20?,21+,22-,23+,24?,25?,26-,27-,28-,29?/m1/s1. The SMILES string of the molecule is CC(=C[C@@H](C)[C@H]1CC[C@H]2[C@@H]3CC(O)C4(O)CC(O)CC[C@]4(C)[C@H]3C(O)C[C@]12C)[C@@H](C)C(C)C. The fourth-order valence-electron chi connectivity index (χ4n) is 9.49. The predicted molar refractivity (Wildman–Crippen MR) is 132 cm³/mol. The van der Waals surface area contributed by atoms with Crippen molar-refractivity contribution in [3.05, 3.63) is 11.6 Å². The molecule has 4 heteroatoms. The van der Waals surface area contributed by atoms with E-state index in [2.05, 4.69) is 54.5 Å². The molecule has 4 rings (SSSR count). The van der Waals surface area contributed by atoms with Gasteiger partial charge in [-0.25, -0.2) is 0 Å². The summed E-state index contributed by atoms with van der Waals surface area (Å²) in [4.78, 5) is 0. The van der Waals surface area contributed by atoms with Gasteiger partial charge in [0.15, 0.2) is 0 Å². The van der Waals surface area contributed by atoms with E-state index in [1.807, 2.05) is 0 Å². The van der Waals surface area contributed by atoms with Gasteiger partial charge in [-0.05, 0) is 92.3 Å². The molecule has 4 aliphatic rings. The molecule has 0 aromatic heterocycles. The molecular weight excluding hydrogens is 412 g/mol. The lowest BCUT2D eigenvalue weighted by Crippen LogP contribution is -2.71. The number of aliphatic hydroxyl groups excluding tert-OH is 3. The van der Waals surface area contributed by atoms with Crippen molar-refractivity contribution in [1.29, 1.82) is 0 Å². The molecule has 0 aromatic rings. The van der Waals surface area contributed by atoms with Gasteiger partial charge in [0.25, 0.3) is 0 Å². The molecule has 4 unspecified atom stereocenters. The van der Waals surface area contributed by atoms with Crippen molar-refractivity contribution >= 4 is 0 Å². The number of aliphatic hydroxyl groups is 4. The average molecular weight is 463 g/mol. The summed E-state index contributed by atoms with van der Waals surface area (Å²) in [6, 6.07) is 0. The molecule has 12 atom stereocenters. The first-order valence-corrected chi connectivity index (χ1v) is 13.7. The third-order valence-corrected chi connectivity index (χ3v) is 11.7. The third kappa shape index (κ3) is 3.77. The summed E-state index contributed by atoms with van der Waals surface area (Å²) < 4.78 is 0. The van der Waals surface area contributed by atoms with Gasteiger partial charge in [0.1, 0.15) is 0 Å². The normalized spacial score (nSPS) is 52.1. The van der Waals surface area contributed by atoms with Crippen LogP contribution in [0.2, 0.25) is 0 Å². The zero-order valence-corrected chi connectivity index (χ0v) is 22.1. The van der Waals surface area contributed by atoms with E-state index in [1.54, 1.807) is 0 Å². The minimum Gasteiger partial charge on any atom is -0.393 e. The van der Waals surface area contributed by atoms with Gasteiger partial charge in [-0.15, -0.1) is 0 Å². The van der Waals surface area contributed by atoms with Gasteiger partial charge < -0.3 is 20.4 Å². The Bertz CT molecular complexity index is 763. The molecule has 0 spiro atoms. The fourth-order valence-corrected chi connectivity index (χ4v) is 9.49. The fraction of sp³-hybridized carbons (Fsp3) is 0.931. The van der Waals surface area contributed by atoms with E-state index in [-0.39, 0.29) is 23.7 Å². The minimum atomic E-state index is -1.31. The van der Waals surface area contributed by atoms with E-state index in [4.69, 9.17) is 0 Å². The van der Waals surface area contributed by atoms with Crippen LogP contribution in [0.4, 0.5) is 0 Å². The number of rotatable bonds is 4. The molecule has 4 N–H and O–H groups in total. The highest BCUT2D eigenvalue weighted by atomic mass is 16.3. The quantitative estimate of drug-likeness (QED) is 0.446. The van der Waals surface area contributed by atoms with Crippen LogP contribution in [0, 0.1) is 52.3 Å². The van der Waals surface area contributed by atoms with E-state index >= 15 is 0 Å². The van der Waals surface area contributed by atoms with Gasteiger partial charge in [0, 0.05) is 11.8 Å². The molecule has 0 heterocycles. The maximum absolute atomic E-state index is 11.7. The van der Waals surface area contributed by atoms with Crippen molar-refractivity contribution in [1.82, 2.24) is 0 Å². The maximum Gasteiger partial charge on any atom is 0.0986 e. The van der Waals surface area contributed by atoms with Gasteiger partial charge in [-0.1, -0.05) is 53.2 Å². The Morgan fingerprint density at radius 1 is 0.970 bits per heavy atom. The van der Waals surface area contributed by atoms with Crippen LogP contribution in [-0.2, 0) is 0 Å². The molecule has 0 aromatic carbocycles. The lowest BCUT2D eigenvalue weighted by Gasteiger charge is -2.66. The second kappa shape index (κ2) is 8.61. The van der Waals surface area contributed by atoms with Crippen LogP contribution in [-0.4, -0.2) is 44.3 Å². The highest BCUT2D eigenvalue weighted by Crippen LogP contribution is 2.69. The molecule has 33 heavy (non-hydrogen) atoms. The molecule has 0 bridgehead atoms. The summed E-state index contributed by atoms with van der Waals surface area (Å²) in [6.07, 6.45) is 5.80. The highest BCUT2D eigenvalue weighted by molar-refractivity contribution is 5.20. The molecule has 0 aliphatic heterocycles. The number of hydrogen-bond acceptors (Lipinski definition) is 4. The third-order valence-electron chi connectivity index (χ3n) is 11.7. The number of allylic oxidation sites excluding steroid dienone is 2. The van der Waals surface area contributed by atoms with E-state index in [0.29, 0.717) is 48.9 Å². The first-order valence-electron chi connectivity index (χ1n) is 13.7. The van der Waals surface area contributed by atoms with Crippen LogP contribution < -0.4 is 0 Å². The molecule has 0 radical (unpaired) electrons. The minimum absolute atomic E-state index is 0.0104. The molecule has 190 valence electrons. The van der Waals surface area contributed by atoms with Crippen LogP contribution in [0.3, 0.4) is 0 Å². The first kappa shape index (κ1) is 25.7. The summed E-state index contributed by atoms with van der Waals surface area (Å²) in [7, 11) is 0. The van der Waals surface area contributed by atoms with E-state index in [0.717, 1.165) is 12.8 Å². The smallest absolute Gasteiger partial charge is 0.0986 e. The van der Waals surface area contributed by atoms with Crippen LogP contribution in [0.1, 0.15) is 93.4 Å². The van der Waals surface area contributed by atoms with Crippen molar-refractivity contribution in [3.8, 4) is 0 Å². The van der Waals surface area contributed by atoms with Crippen molar-refractivity contribution in [2.75, 3.05) is 0 Å². The zero-order chi connectivity index (χ0) is 24.5. The second-order valence-corrected chi connectivity index (χ2v) is 13.5. The highest BCUT2D eigenvalue weighted by Gasteiger charge is 2.69. The molecule has 4 fully saturated rings. The van der Waals surface area contributed by atoms with Gasteiger partial charge in [0.05, 0.1) is 23.9 Å². The van der Waals surface area contributed by atoms with Gasteiger partial charge in [0.2, 0.25) is 0 Å². The molecule has 4 nitrogen and oxygen atoms in total. The monoisotopic (exact) mass is 462 g/mol. The van der Waals surface area contributed by atoms with Crippen molar-refractivity contribution < 1.29 is 20.4 Å². The molecule has 4 saturated carbocycles. The van der Waals surface area contributed by atoms with Crippen molar-refractivity contribution in [2.45, 2.75) is 117 Å². The Morgan fingerprint density at radius 3 is 2.27 bits per heavy atom. The Kier molecular flexibility index (Phi) is 6.69. The summed E-state index contributed by atoms with van der Waals surface area (Å²) in [5.74, 6) is 2.90. The lowest BCUT2D eigenvalue weighted by molar-refractivity contribution is -0.282. The zero-order valence-electron chi connectivity index (χ0n) is 22.1. The first-order chi connectivity index (χ1) is 15.3. The molecular formula is C29H50O4. The van der Waals surface area contributed by atoms with Crippen LogP contribution in [0.25, 0.3) is 0 Å². The Labute approximate surface area is 201 Å². The van der Waals surface area contributed by atoms with Gasteiger partial charge in [-0.3, -0.25) is 0 Å². The molecule has 0 saturated heterocycles. The van der Waals surface area contributed by atoms with Crippen molar-refractivity contribution in [3.63, 3.8) is 0 Å². The van der Waals surface area contributed by atoms with Crippen LogP contribution >= 0.6 is 0 Å². The largest absolute Gasteiger partial charge is 0.393 e. The molecule has 4 aliphatic carbocycles. The Balaban J connectivity index is 1.63. The summed E-state index contributed by atoms with van der Waals surface area (Å²) >= 11 is 0. The Morgan fingerprint density at radius 2 is 1.64 bits per heavy atom. The second-order valence-electron chi connectivity index (χ2n) is 13.5. The topological polar surface area (TPSA) is 80.9 Å². The van der Waals surface area contributed by atoms with E-state index in [1.165, 1.54) is 12.0 Å². The van der Waals surface area contributed by atoms with E-state index in [9.17, 15) is 20.4 Å².